The number of halogens is 2. The smallest absolute Gasteiger partial charge is 0.310 e. The van der Waals surface area contributed by atoms with Gasteiger partial charge in [0.25, 0.3) is 0 Å². The van der Waals surface area contributed by atoms with Crippen molar-refractivity contribution >= 4 is 37.8 Å². The van der Waals surface area contributed by atoms with Gasteiger partial charge in [-0.15, -0.1) is 0 Å². The molecular formula is C10H10Br2O2. The van der Waals surface area contributed by atoms with Gasteiger partial charge in [-0.2, -0.15) is 0 Å². The summed E-state index contributed by atoms with van der Waals surface area (Å²) in [5.74, 6) is -0.197. The van der Waals surface area contributed by atoms with Gasteiger partial charge in [0.2, 0.25) is 0 Å². The van der Waals surface area contributed by atoms with Gasteiger partial charge in [-0.1, -0.05) is 31.9 Å². The zero-order valence-electron chi connectivity index (χ0n) is 7.72. The fourth-order valence-corrected chi connectivity index (χ4v) is 2.48. The fraction of sp³-hybridized carbons (Fsp3) is 0.300. The molecule has 0 aliphatic carbocycles. The molecule has 2 nitrogen and oxygen atoms in total. The van der Waals surface area contributed by atoms with Crippen LogP contribution in [0.3, 0.4) is 0 Å². The Morgan fingerprint density at radius 2 is 1.86 bits per heavy atom. The number of benzene rings is 1. The Bertz CT molecular complexity index is 317. The third kappa shape index (κ3) is 3.80. The lowest BCUT2D eigenvalue weighted by atomic mass is 10.2. The van der Waals surface area contributed by atoms with Crippen molar-refractivity contribution in [2.75, 3.05) is 6.61 Å². The van der Waals surface area contributed by atoms with Crippen LogP contribution in [0.1, 0.15) is 12.5 Å². The molecule has 0 saturated heterocycles. The van der Waals surface area contributed by atoms with Crippen molar-refractivity contribution in [2.45, 2.75) is 13.3 Å². The summed E-state index contributed by atoms with van der Waals surface area (Å²) in [6, 6.07) is 5.73. The minimum atomic E-state index is -0.197. The molecular weight excluding hydrogens is 312 g/mol. The predicted octanol–water partition coefficient (Wildman–Crippen LogP) is 3.32. The third-order valence-corrected chi connectivity index (χ3v) is 2.49. The fourth-order valence-electron chi connectivity index (χ4n) is 1.09. The van der Waals surface area contributed by atoms with Crippen molar-refractivity contribution in [3.8, 4) is 0 Å². The van der Waals surface area contributed by atoms with Crippen LogP contribution in [0.15, 0.2) is 27.1 Å². The van der Waals surface area contributed by atoms with Crippen molar-refractivity contribution in [1.82, 2.24) is 0 Å². The highest BCUT2D eigenvalue weighted by atomic mass is 79.9. The third-order valence-electron chi connectivity index (χ3n) is 1.58. The summed E-state index contributed by atoms with van der Waals surface area (Å²) in [5, 5.41) is 0. The van der Waals surface area contributed by atoms with Crippen LogP contribution >= 0.6 is 31.9 Å². The number of rotatable bonds is 3. The molecule has 0 aliphatic rings. The number of carbonyl (C=O) groups is 1. The number of ether oxygens (including phenoxy) is 1. The molecule has 0 fully saturated rings. The minimum Gasteiger partial charge on any atom is -0.466 e. The van der Waals surface area contributed by atoms with Crippen molar-refractivity contribution in [2.24, 2.45) is 0 Å². The summed E-state index contributed by atoms with van der Waals surface area (Å²) in [4.78, 5) is 11.2. The highest BCUT2D eigenvalue weighted by molar-refractivity contribution is 9.11. The topological polar surface area (TPSA) is 26.3 Å². The van der Waals surface area contributed by atoms with Crippen molar-refractivity contribution in [1.29, 1.82) is 0 Å². The van der Waals surface area contributed by atoms with Gasteiger partial charge in [-0.3, -0.25) is 4.79 Å². The highest BCUT2D eigenvalue weighted by Crippen LogP contribution is 2.20. The van der Waals surface area contributed by atoms with Crippen LogP contribution in [0, 0.1) is 0 Å². The predicted molar refractivity (Wildman–Crippen MR) is 62.2 cm³/mol. The van der Waals surface area contributed by atoms with E-state index in [1.54, 1.807) is 6.92 Å². The molecule has 0 aromatic heterocycles. The van der Waals surface area contributed by atoms with Crippen LogP contribution in [0.5, 0.6) is 0 Å². The number of carbonyl (C=O) groups excluding carboxylic acids is 1. The summed E-state index contributed by atoms with van der Waals surface area (Å²) in [6.45, 7) is 2.22. The van der Waals surface area contributed by atoms with E-state index in [9.17, 15) is 4.79 Å². The van der Waals surface area contributed by atoms with E-state index in [-0.39, 0.29) is 5.97 Å². The molecule has 0 aliphatic heterocycles. The van der Waals surface area contributed by atoms with E-state index < -0.39 is 0 Å². The number of esters is 1. The summed E-state index contributed by atoms with van der Waals surface area (Å²) in [5.41, 5.74) is 0.935. The Labute approximate surface area is 99.9 Å². The Balaban J connectivity index is 2.71. The molecule has 4 heteroatoms. The molecule has 0 atom stereocenters. The van der Waals surface area contributed by atoms with Crippen LogP contribution in [0.25, 0.3) is 0 Å². The van der Waals surface area contributed by atoms with E-state index in [0.717, 1.165) is 14.5 Å². The maximum absolute atomic E-state index is 11.2. The van der Waals surface area contributed by atoms with E-state index in [2.05, 4.69) is 31.9 Å². The van der Waals surface area contributed by atoms with Crippen molar-refractivity contribution < 1.29 is 9.53 Å². The highest BCUT2D eigenvalue weighted by Gasteiger charge is 2.05. The lowest BCUT2D eigenvalue weighted by Crippen LogP contribution is -2.07. The monoisotopic (exact) mass is 320 g/mol. The summed E-state index contributed by atoms with van der Waals surface area (Å²) >= 11 is 6.72. The van der Waals surface area contributed by atoms with Crippen molar-refractivity contribution in [3.63, 3.8) is 0 Å². The van der Waals surface area contributed by atoms with E-state index in [4.69, 9.17) is 4.74 Å². The molecule has 1 aromatic carbocycles. The normalized spacial score (nSPS) is 9.93. The molecule has 1 rings (SSSR count). The van der Waals surface area contributed by atoms with Gasteiger partial charge in [-0.05, 0) is 30.7 Å². The van der Waals surface area contributed by atoms with Crippen LogP contribution < -0.4 is 0 Å². The van der Waals surface area contributed by atoms with E-state index >= 15 is 0 Å². The van der Waals surface area contributed by atoms with Crippen LogP contribution in [0.2, 0.25) is 0 Å². The second-order valence-corrected chi connectivity index (χ2v) is 4.59. The molecule has 76 valence electrons. The van der Waals surface area contributed by atoms with Crippen LogP contribution in [0.4, 0.5) is 0 Å². The molecule has 1 aromatic rings. The van der Waals surface area contributed by atoms with E-state index in [1.807, 2.05) is 18.2 Å². The molecule has 0 N–H and O–H groups in total. The second kappa shape index (κ2) is 5.51. The van der Waals surface area contributed by atoms with Gasteiger partial charge < -0.3 is 4.74 Å². The average Bonchev–Trinajstić information content (AvgIpc) is 2.01. The second-order valence-electron chi connectivity index (χ2n) is 2.76. The lowest BCUT2D eigenvalue weighted by molar-refractivity contribution is -0.142. The first-order valence-corrected chi connectivity index (χ1v) is 5.81. The molecule has 0 heterocycles. The van der Waals surface area contributed by atoms with Crippen molar-refractivity contribution in [3.05, 3.63) is 32.7 Å². The first-order chi connectivity index (χ1) is 6.61. The molecule has 14 heavy (non-hydrogen) atoms. The maximum Gasteiger partial charge on any atom is 0.310 e. The number of hydrogen-bond donors (Lipinski definition) is 0. The van der Waals surface area contributed by atoms with Gasteiger partial charge in [0.05, 0.1) is 13.0 Å². The first-order valence-electron chi connectivity index (χ1n) is 4.22. The summed E-state index contributed by atoms with van der Waals surface area (Å²) < 4.78 is 6.76. The van der Waals surface area contributed by atoms with E-state index in [1.165, 1.54) is 0 Å². The Morgan fingerprint density at radius 3 is 2.36 bits per heavy atom. The molecule has 0 spiro atoms. The summed E-state index contributed by atoms with van der Waals surface area (Å²) in [7, 11) is 0. The zero-order chi connectivity index (χ0) is 10.6. The van der Waals surface area contributed by atoms with Gasteiger partial charge in [0, 0.05) is 8.95 Å². The van der Waals surface area contributed by atoms with Crippen LogP contribution in [-0.2, 0) is 16.0 Å². The molecule has 0 radical (unpaired) electrons. The molecule has 0 saturated carbocycles. The average molecular weight is 322 g/mol. The molecule has 0 bridgehead atoms. The quantitative estimate of drug-likeness (QED) is 0.798. The van der Waals surface area contributed by atoms with Gasteiger partial charge in [-0.25, -0.2) is 0 Å². The first kappa shape index (κ1) is 11.7. The number of hydrogen-bond acceptors (Lipinski definition) is 2. The van der Waals surface area contributed by atoms with Gasteiger partial charge in [0.15, 0.2) is 0 Å². The molecule has 0 amide bonds. The molecule has 0 unspecified atom stereocenters. The van der Waals surface area contributed by atoms with Gasteiger partial charge in [0.1, 0.15) is 0 Å². The minimum absolute atomic E-state index is 0.197. The zero-order valence-corrected chi connectivity index (χ0v) is 10.9. The Kier molecular flexibility index (Phi) is 4.62. The SMILES string of the molecule is CCOC(=O)Cc1cc(Br)cc(Br)c1. The standard InChI is InChI=1S/C10H10Br2O2/c1-2-14-10(13)5-7-3-8(11)6-9(12)4-7/h3-4,6H,2,5H2,1H3. The van der Waals surface area contributed by atoms with E-state index in [0.29, 0.717) is 13.0 Å². The largest absolute Gasteiger partial charge is 0.466 e. The Hall–Kier alpha value is -0.350. The lowest BCUT2D eigenvalue weighted by Gasteiger charge is -2.03. The Morgan fingerprint density at radius 1 is 1.29 bits per heavy atom. The van der Waals surface area contributed by atoms with Crippen LogP contribution in [-0.4, -0.2) is 12.6 Å². The summed E-state index contributed by atoms with van der Waals surface area (Å²) in [6.07, 6.45) is 0.311. The maximum atomic E-state index is 11.2. The van der Waals surface area contributed by atoms with Gasteiger partial charge >= 0.3 is 5.97 Å².